The van der Waals surface area contributed by atoms with E-state index in [9.17, 15) is 18.0 Å². The minimum atomic E-state index is -4.53. The highest BCUT2D eigenvalue weighted by Crippen LogP contribution is 2.43. The highest BCUT2D eigenvalue weighted by atomic mass is 19.4. The van der Waals surface area contributed by atoms with Crippen LogP contribution in [-0.2, 0) is 11.2 Å². The third kappa shape index (κ3) is 3.20. The Morgan fingerprint density at radius 1 is 1.52 bits per heavy atom. The Kier molecular flexibility index (Phi) is 4.55. The van der Waals surface area contributed by atoms with Crippen LogP contribution in [0.15, 0.2) is 6.20 Å². The zero-order chi connectivity index (χ0) is 15.5. The number of rotatable bonds is 5. The van der Waals surface area contributed by atoms with Crippen LogP contribution >= 0.6 is 0 Å². The number of carbonyl (C=O) groups is 1. The molecule has 2 rings (SSSR count). The van der Waals surface area contributed by atoms with Crippen molar-refractivity contribution in [2.24, 2.45) is 5.41 Å². The van der Waals surface area contributed by atoms with Gasteiger partial charge in [0.25, 0.3) is 0 Å². The molecule has 2 heterocycles. The number of aromatic amines is 1. The van der Waals surface area contributed by atoms with Crippen molar-refractivity contribution in [2.45, 2.75) is 32.4 Å². The highest BCUT2D eigenvalue weighted by molar-refractivity contribution is 5.84. The molecule has 1 fully saturated rings. The number of carbonyl (C=O) groups excluding carboxylic acids is 1. The lowest BCUT2D eigenvalue weighted by molar-refractivity contribution is -0.216. The summed E-state index contributed by atoms with van der Waals surface area (Å²) in [5.41, 5.74) is -0.330. The summed E-state index contributed by atoms with van der Waals surface area (Å²) in [5.74, 6) is -0.927. The number of amides is 1. The van der Waals surface area contributed by atoms with Gasteiger partial charge < -0.3 is 10.6 Å². The van der Waals surface area contributed by atoms with E-state index in [1.807, 2.05) is 6.92 Å². The molecular weight excluding hydrogens is 285 g/mol. The minimum absolute atomic E-state index is 0.205. The van der Waals surface area contributed by atoms with Crippen LogP contribution in [0.25, 0.3) is 0 Å². The number of nitrogens with one attached hydrogen (secondary N) is 3. The molecule has 118 valence electrons. The molecular formula is C13H19F3N4O. The molecule has 0 bridgehead atoms. The first-order valence-corrected chi connectivity index (χ1v) is 6.91. The molecule has 1 amide bonds. The molecule has 8 heteroatoms. The molecule has 1 aliphatic rings. The zero-order valence-corrected chi connectivity index (χ0v) is 11.8. The van der Waals surface area contributed by atoms with E-state index in [1.165, 1.54) is 0 Å². The van der Waals surface area contributed by atoms with Crippen molar-refractivity contribution in [1.29, 1.82) is 0 Å². The van der Waals surface area contributed by atoms with Crippen LogP contribution in [0, 0.1) is 12.3 Å². The Balaban J connectivity index is 1.85. The van der Waals surface area contributed by atoms with Crippen LogP contribution in [0.3, 0.4) is 0 Å². The molecule has 1 saturated heterocycles. The quantitative estimate of drug-likeness (QED) is 0.718. The Morgan fingerprint density at radius 2 is 2.29 bits per heavy atom. The summed E-state index contributed by atoms with van der Waals surface area (Å²) in [6.07, 6.45) is -1.80. The van der Waals surface area contributed by atoms with Crippen LogP contribution in [-0.4, -0.2) is 41.9 Å². The summed E-state index contributed by atoms with van der Waals surface area (Å²) in [5, 5.41) is 11.7. The van der Waals surface area contributed by atoms with E-state index < -0.39 is 17.5 Å². The topological polar surface area (TPSA) is 69.8 Å². The van der Waals surface area contributed by atoms with Crippen molar-refractivity contribution in [1.82, 2.24) is 20.8 Å². The monoisotopic (exact) mass is 304 g/mol. The number of hydrogen-bond acceptors (Lipinski definition) is 3. The second-order valence-electron chi connectivity index (χ2n) is 5.39. The maximum atomic E-state index is 13.1. The molecule has 21 heavy (non-hydrogen) atoms. The molecule has 1 aliphatic heterocycles. The highest BCUT2D eigenvalue weighted by Gasteiger charge is 2.61. The molecule has 1 atom stereocenters. The van der Waals surface area contributed by atoms with E-state index in [-0.39, 0.29) is 26.1 Å². The molecule has 1 aromatic rings. The molecule has 0 aliphatic carbocycles. The van der Waals surface area contributed by atoms with E-state index in [2.05, 4.69) is 20.8 Å². The van der Waals surface area contributed by atoms with Crippen LogP contribution in [0.5, 0.6) is 0 Å². The lowest BCUT2D eigenvalue weighted by Crippen LogP contribution is -2.52. The second-order valence-corrected chi connectivity index (χ2v) is 5.39. The average Bonchev–Trinajstić information content (AvgIpc) is 3.03. The molecule has 5 nitrogen and oxygen atoms in total. The number of H-pyrrole nitrogens is 1. The average molecular weight is 304 g/mol. The fourth-order valence-corrected chi connectivity index (χ4v) is 2.53. The number of nitrogens with zero attached hydrogens (tertiary/aromatic N) is 1. The standard InChI is InChI=1S/C13H19F3N4O/c1-9-10(7-19-20-9)3-2-5-18-11(21)12(13(14,15)16)4-6-17-8-12/h7,17H,2-6,8H2,1H3,(H,18,21)(H,19,20). The molecule has 0 aromatic carbocycles. The van der Waals surface area contributed by atoms with Crippen molar-refractivity contribution in [3.05, 3.63) is 17.5 Å². The molecule has 1 unspecified atom stereocenters. The van der Waals surface area contributed by atoms with Crippen molar-refractivity contribution in [3.63, 3.8) is 0 Å². The maximum Gasteiger partial charge on any atom is 0.404 e. The van der Waals surface area contributed by atoms with Crippen molar-refractivity contribution in [3.8, 4) is 0 Å². The summed E-state index contributed by atoms with van der Waals surface area (Å²) in [6.45, 7) is 1.97. The summed E-state index contributed by atoms with van der Waals surface area (Å²) >= 11 is 0. The van der Waals surface area contributed by atoms with Gasteiger partial charge in [-0.15, -0.1) is 0 Å². The van der Waals surface area contributed by atoms with Gasteiger partial charge in [0.1, 0.15) is 0 Å². The second kappa shape index (κ2) is 6.05. The van der Waals surface area contributed by atoms with Gasteiger partial charge in [-0.1, -0.05) is 0 Å². The molecule has 0 radical (unpaired) electrons. The predicted molar refractivity (Wildman–Crippen MR) is 70.6 cm³/mol. The smallest absolute Gasteiger partial charge is 0.355 e. The molecule has 0 saturated carbocycles. The van der Waals surface area contributed by atoms with Gasteiger partial charge in [-0.3, -0.25) is 9.89 Å². The van der Waals surface area contributed by atoms with Gasteiger partial charge >= 0.3 is 6.18 Å². The Morgan fingerprint density at radius 3 is 2.81 bits per heavy atom. The van der Waals surface area contributed by atoms with Crippen molar-refractivity contribution in [2.75, 3.05) is 19.6 Å². The van der Waals surface area contributed by atoms with Gasteiger partial charge in [0.05, 0.1) is 6.20 Å². The third-order valence-corrected chi connectivity index (χ3v) is 3.98. The van der Waals surface area contributed by atoms with E-state index in [1.54, 1.807) is 6.20 Å². The van der Waals surface area contributed by atoms with E-state index >= 15 is 0 Å². The third-order valence-electron chi connectivity index (χ3n) is 3.98. The Bertz CT molecular complexity index is 492. The van der Waals surface area contributed by atoms with Gasteiger partial charge in [0.2, 0.25) is 5.91 Å². The van der Waals surface area contributed by atoms with Crippen molar-refractivity contribution >= 4 is 5.91 Å². The fraction of sp³-hybridized carbons (Fsp3) is 0.692. The first kappa shape index (κ1) is 15.8. The first-order valence-electron chi connectivity index (χ1n) is 6.91. The normalized spacial score (nSPS) is 22.5. The van der Waals surface area contributed by atoms with Crippen molar-refractivity contribution < 1.29 is 18.0 Å². The SMILES string of the molecule is Cc1[nH]ncc1CCCNC(=O)C1(C(F)(F)F)CCNC1. The lowest BCUT2D eigenvalue weighted by Gasteiger charge is -2.29. The van der Waals surface area contributed by atoms with E-state index in [0.717, 1.165) is 11.3 Å². The summed E-state index contributed by atoms with van der Waals surface area (Å²) in [6, 6.07) is 0. The van der Waals surface area contributed by atoms with Gasteiger partial charge in [-0.05, 0) is 38.3 Å². The molecule has 3 N–H and O–H groups in total. The largest absolute Gasteiger partial charge is 0.404 e. The number of halogens is 3. The minimum Gasteiger partial charge on any atom is -0.355 e. The summed E-state index contributed by atoms with van der Waals surface area (Å²) in [7, 11) is 0. The van der Waals surface area contributed by atoms with Crippen LogP contribution < -0.4 is 10.6 Å². The van der Waals surface area contributed by atoms with E-state index in [4.69, 9.17) is 0 Å². The maximum absolute atomic E-state index is 13.1. The van der Waals surface area contributed by atoms with Crippen LogP contribution in [0.2, 0.25) is 0 Å². The number of aromatic nitrogens is 2. The molecule has 1 aromatic heterocycles. The van der Waals surface area contributed by atoms with Gasteiger partial charge in [-0.2, -0.15) is 18.3 Å². The van der Waals surface area contributed by atoms with Gasteiger partial charge in [0, 0.05) is 18.8 Å². The predicted octanol–water partition coefficient (Wildman–Crippen LogP) is 1.31. The zero-order valence-electron chi connectivity index (χ0n) is 11.8. The number of alkyl halides is 3. The Hall–Kier alpha value is -1.57. The summed E-state index contributed by atoms with van der Waals surface area (Å²) in [4.78, 5) is 12.0. The Labute approximate surface area is 120 Å². The lowest BCUT2D eigenvalue weighted by atomic mass is 9.85. The number of aryl methyl sites for hydroxylation is 2. The summed E-state index contributed by atoms with van der Waals surface area (Å²) < 4.78 is 39.4. The van der Waals surface area contributed by atoms with E-state index in [0.29, 0.717) is 12.8 Å². The van der Waals surface area contributed by atoms with Crippen LogP contribution in [0.4, 0.5) is 13.2 Å². The molecule has 0 spiro atoms. The van der Waals surface area contributed by atoms with Gasteiger partial charge in [0.15, 0.2) is 5.41 Å². The number of hydrogen-bond donors (Lipinski definition) is 3. The first-order chi connectivity index (χ1) is 9.87. The van der Waals surface area contributed by atoms with Gasteiger partial charge in [-0.25, -0.2) is 0 Å². The fourth-order valence-electron chi connectivity index (χ4n) is 2.53. The van der Waals surface area contributed by atoms with Crippen LogP contribution in [0.1, 0.15) is 24.1 Å².